The third-order valence-electron chi connectivity index (χ3n) is 4.37. The lowest BCUT2D eigenvalue weighted by Gasteiger charge is -2.17. The number of nitrogens with zero attached hydrogens (tertiary/aromatic N) is 2. The molecule has 1 aromatic carbocycles. The van der Waals surface area contributed by atoms with Crippen molar-refractivity contribution in [2.24, 2.45) is 5.92 Å². The Labute approximate surface area is 131 Å². The molecule has 118 valence electrons. The molecule has 0 saturated carbocycles. The van der Waals surface area contributed by atoms with Gasteiger partial charge in [-0.25, -0.2) is 13.1 Å². The van der Waals surface area contributed by atoms with Gasteiger partial charge in [0.2, 0.25) is 10.0 Å². The molecule has 2 aromatic rings. The predicted octanol–water partition coefficient (Wildman–Crippen LogP) is 1.85. The van der Waals surface area contributed by atoms with Gasteiger partial charge in [0.1, 0.15) is 0 Å². The van der Waals surface area contributed by atoms with Gasteiger partial charge in [-0.3, -0.25) is 4.98 Å². The molecule has 1 aliphatic rings. The summed E-state index contributed by atoms with van der Waals surface area (Å²) in [4.78, 5) is 6.65. The molecular weight excluding hydrogens is 298 g/mol. The van der Waals surface area contributed by atoms with E-state index in [1.165, 1.54) is 0 Å². The third kappa shape index (κ3) is 2.86. The number of aromatic nitrogens is 1. The van der Waals surface area contributed by atoms with E-state index in [1.54, 1.807) is 30.6 Å². The standard InChI is InChI=1S/C16H21N3O2S/c1-3-19-10-12(2)15(11-19)18-22(20,21)16-6-4-5-13-9-17-8-7-14(13)16/h4-9,12,15,18H,3,10-11H2,1-2H3. The Balaban J connectivity index is 1.92. The van der Waals surface area contributed by atoms with Crippen LogP contribution in [0.15, 0.2) is 41.6 Å². The number of pyridine rings is 1. The lowest BCUT2D eigenvalue weighted by molar-refractivity contribution is 0.344. The molecule has 6 heteroatoms. The topological polar surface area (TPSA) is 62.3 Å². The second kappa shape index (κ2) is 5.95. The summed E-state index contributed by atoms with van der Waals surface area (Å²) in [6, 6.07) is 7.00. The number of nitrogens with one attached hydrogen (secondary N) is 1. The minimum Gasteiger partial charge on any atom is -0.302 e. The van der Waals surface area contributed by atoms with E-state index >= 15 is 0 Å². The van der Waals surface area contributed by atoms with Crippen molar-refractivity contribution in [1.29, 1.82) is 0 Å². The highest BCUT2D eigenvalue weighted by Gasteiger charge is 2.32. The van der Waals surface area contributed by atoms with Crippen molar-refractivity contribution in [1.82, 2.24) is 14.6 Å². The Hall–Kier alpha value is -1.50. The van der Waals surface area contributed by atoms with Crippen molar-refractivity contribution in [2.45, 2.75) is 24.8 Å². The molecule has 1 aromatic heterocycles. The highest BCUT2D eigenvalue weighted by molar-refractivity contribution is 7.89. The number of hydrogen-bond acceptors (Lipinski definition) is 4. The molecule has 1 saturated heterocycles. The largest absolute Gasteiger partial charge is 0.302 e. The number of fused-ring (bicyclic) bond motifs is 1. The Morgan fingerprint density at radius 1 is 1.32 bits per heavy atom. The molecule has 1 aliphatic heterocycles. The molecule has 2 heterocycles. The molecule has 0 radical (unpaired) electrons. The molecule has 3 rings (SSSR count). The van der Waals surface area contributed by atoms with Crippen LogP contribution in [0.5, 0.6) is 0 Å². The van der Waals surface area contributed by atoms with Gasteiger partial charge in [-0.1, -0.05) is 26.0 Å². The van der Waals surface area contributed by atoms with Crippen molar-refractivity contribution < 1.29 is 8.42 Å². The first-order chi connectivity index (χ1) is 10.5. The van der Waals surface area contributed by atoms with Gasteiger partial charge in [0, 0.05) is 42.3 Å². The van der Waals surface area contributed by atoms with Gasteiger partial charge in [-0.05, 0) is 24.6 Å². The lowest BCUT2D eigenvalue weighted by atomic mass is 10.1. The first kappa shape index (κ1) is 15.4. The van der Waals surface area contributed by atoms with E-state index in [1.807, 2.05) is 6.07 Å². The fourth-order valence-electron chi connectivity index (χ4n) is 3.07. The summed E-state index contributed by atoms with van der Waals surface area (Å²) in [7, 11) is -3.54. The number of rotatable bonds is 4. The monoisotopic (exact) mass is 319 g/mol. The zero-order valence-corrected chi connectivity index (χ0v) is 13.7. The third-order valence-corrected chi connectivity index (χ3v) is 5.92. The van der Waals surface area contributed by atoms with Crippen LogP contribution < -0.4 is 4.72 Å². The van der Waals surface area contributed by atoms with E-state index in [-0.39, 0.29) is 6.04 Å². The summed E-state index contributed by atoms with van der Waals surface area (Å²) < 4.78 is 28.5. The summed E-state index contributed by atoms with van der Waals surface area (Å²) in [6.07, 6.45) is 3.31. The molecule has 0 bridgehead atoms. The van der Waals surface area contributed by atoms with Crippen molar-refractivity contribution in [3.05, 3.63) is 36.7 Å². The van der Waals surface area contributed by atoms with Crippen molar-refractivity contribution >= 4 is 20.8 Å². The quantitative estimate of drug-likeness (QED) is 0.934. The normalized spacial score (nSPS) is 23.2. The molecule has 22 heavy (non-hydrogen) atoms. The first-order valence-electron chi connectivity index (χ1n) is 7.58. The van der Waals surface area contributed by atoms with Crippen LogP contribution in [0.25, 0.3) is 10.8 Å². The number of likely N-dealkylation sites (tertiary alicyclic amines) is 1. The Kier molecular flexibility index (Phi) is 4.16. The van der Waals surface area contributed by atoms with Gasteiger partial charge < -0.3 is 4.90 Å². The maximum Gasteiger partial charge on any atom is 0.241 e. The minimum atomic E-state index is -3.54. The van der Waals surface area contributed by atoms with Crippen molar-refractivity contribution in [3.8, 4) is 0 Å². The first-order valence-corrected chi connectivity index (χ1v) is 9.07. The van der Waals surface area contributed by atoms with Gasteiger partial charge in [-0.2, -0.15) is 0 Å². The van der Waals surface area contributed by atoms with Gasteiger partial charge in [-0.15, -0.1) is 0 Å². The number of benzene rings is 1. The SMILES string of the molecule is CCN1CC(C)C(NS(=O)(=O)c2cccc3cnccc23)C1. The molecule has 1 N–H and O–H groups in total. The molecular formula is C16H21N3O2S. The van der Waals surface area contributed by atoms with Crippen LogP contribution in [0.4, 0.5) is 0 Å². The lowest BCUT2D eigenvalue weighted by Crippen LogP contribution is -2.39. The Bertz CT molecular complexity index is 771. The fourth-order valence-corrected chi connectivity index (χ4v) is 4.63. The maximum absolute atomic E-state index is 12.8. The van der Waals surface area contributed by atoms with Crippen LogP contribution in [-0.4, -0.2) is 44.0 Å². The molecule has 2 unspecified atom stereocenters. The van der Waals surface area contributed by atoms with Crippen LogP contribution in [0.3, 0.4) is 0 Å². The highest BCUT2D eigenvalue weighted by Crippen LogP contribution is 2.24. The van der Waals surface area contributed by atoms with Gasteiger partial charge in [0.05, 0.1) is 4.90 Å². The van der Waals surface area contributed by atoms with Crippen LogP contribution in [0.1, 0.15) is 13.8 Å². The molecule has 2 atom stereocenters. The number of likely N-dealkylation sites (N-methyl/N-ethyl adjacent to an activating group) is 1. The molecule has 0 spiro atoms. The van der Waals surface area contributed by atoms with E-state index in [9.17, 15) is 8.42 Å². The molecule has 1 fully saturated rings. The van der Waals surface area contributed by atoms with Crippen molar-refractivity contribution in [2.75, 3.05) is 19.6 Å². The summed E-state index contributed by atoms with van der Waals surface area (Å²) in [5, 5.41) is 1.54. The highest BCUT2D eigenvalue weighted by atomic mass is 32.2. The minimum absolute atomic E-state index is 0.0398. The van der Waals surface area contributed by atoms with Gasteiger partial charge in [0.15, 0.2) is 0 Å². The van der Waals surface area contributed by atoms with Gasteiger partial charge >= 0.3 is 0 Å². The smallest absolute Gasteiger partial charge is 0.241 e. The average molecular weight is 319 g/mol. The van der Waals surface area contributed by atoms with Crippen LogP contribution in [-0.2, 0) is 10.0 Å². The second-order valence-electron chi connectivity index (χ2n) is 5.91. The van der Waals surface area contributed by atoms with E-state index in [0.717, 1.165) is 25.0 Å². The molecule has 0 aliphatic carbocycles. The number of hydrogen-bond donors (Lipinski definition) is 1. The van der Waals surface area contributed by atoms with E-state index in [2.05, 4.69) is 28.5 Å². The Morgan fingerprint density at radius 2 is 2.14 bits per heavy atom. The van der Waals surface area contributed by atoms with E-state index < -0.39 is 10.0 Å². The zero-order valence-electron chi connectivity index (χ0n) is 12.9. The predicted molar refractivity (Wildman–Crippen MR) is 87.1 cm³/mol. The van der Waals surface area contributed by atoms with E-state index in [4.69, 9.17) is 0 Å². The summed E-state index contributed by atoms with van der Waals surface area (Å²) in [6.45, 7) is 6.84. The van der Waals surface area contributed by atoms with Gasteiger partial charge in [0.25, 0.3) is 0 Å². The maximum atomic E-state index is 12.8. The van der Waals surface area contributed by atoms with Crippen molar-refractivity contribution in [3.63, 3.8) is 0 Å². The summed E-state index contributed by atoms with van der Waals surface area (Å²) in [5.41, 5.74) is 0. The molecule has 5 nitrogen and oxygen atoms in total. The summed E-state index contributed by atoms with van der Waals surface area (Å²) >= 11 is 0. The Morgan fingerprint density at radius 3 is 2.86 bits per heavy atom. The fraction of sp³-hybridized carbons (Fsp3) is 0.438. The zero-order chi connectivity index (χ0) is 15.7. The van der Waals surface area contributed by atoms with Crippen LogP contribution in [0.2, 0.25) is 0 Å². The van der Waals surface area contributed by atoms with Crippen LogP contribution >= 0.6 is 0 Å². The number of sulfonamides is 1. The summed E-state index contributed by atoms with van der Waals surface area (Å²) in [5.74, 6) is 0.311. The average Bonchev–Trinajstić information content (AvgIpc) is 2.86. The van der Waals surface area contributed by atoms with Crippen LogP contribution in [0, 0.1) is 5.92 Å². The molecule has 0 amide bonds. The second-order valence-corrected chi connectivity index (χ2v) is 7.59. The van der Waals surface area contributed by atoms with E-state index in [0.29, 0.717) is 16.2 Å².